The van der Waals surface area contributed by atoms with Gasteiger partial charge in [-0.15, -0.1) is 0 Å². The SMILES string of the molecule is CNCCN1CCO[C@H]2CC21. The minimum atomic E-state index is 0.584. The molecule has 2 aliphatic rings. The molecule has 0 aromatic carbocycles. The summed E-state index contributed by atoms with van der Waals surface area (Å²) >= 11 is 0. The van der Waals surface area contributed by atoms with Gasteiger partial charge in [0, 0.05) is 25.7 Å². The average Bonchev–Trinajstić information content (AvgIpc) is 2.79. The number of hydrogen-bond donors (Lipinski definition) is 1. The Morgan fingerprint density at radius 3 is 3.36 bits per heavy atom. The smallest absolute Gasteiger partial charge is 0.0747 e. The number of likely N-dealkylation sites (N-methyl/N-ethyl adjacent to an activating group) is 1. The van der Waals surface area contributed by atoms with E-state index < -0.39 is 0 Å². The van der Waals surface area contributed by atoms with Gasteiger partial charge in [0.1, 0.15) is 0 Å². The summed E-state index contributed by atoms with van der Waals surface area (Å²) in [7, 11) is 2.00. The Kier molecular flexibility index (Phi) is 2.11. The zero-order valence-electron chi connectivity index (χ0n) is 7.05. The molecule has 0 bridgehead atoms. The standard InChI is InChI=1S/C8H16N2O/c1-9-2-3-10-4-5-11-8-6-7(8)10/h7-9H,2-6H2,1H3/t7?,8-/m0/s1. The van der Waals surface area contributed by atoms with E-state index in [0.717, 1.165) is 25.7 Å². The second-order valence-electron chi connectivity index (χ2n) is 3.35. The Bertz CT molecular complexity index is 140. The molecule has 11 heavy (non-hydrogen) atoms. The van der Waals surface area contributed by atoms with Gasteiger partial charge in [-0.3, -0.25) is 4.90 Å². The third kappa shape index (κ3) is 1.55. The van der Waals surface area contributed by atoms with Gasteiger partial charge in [-0.1, -0.05) is 0 Å². The van der Waals surface area contributed by atoms with Crippen molar-refractivity contribution < 1.29 is 4.74 Å². The number of fused-ring (bicyclic) bond motifs is 1. The molecule has 1 unspecified atom stereocenters. The van der Waals surface area contributed by atoms with E-state index in [0.29, 0.717) is 6.10 Å². The molecule has 3 heteroatoms. The molecule has 1 aliphatic carbocycles. The second-order valence-corrected chi connectivity index (χ2v) is 3.35. The van der Waals surface area contributed by atoms with Crippen LogP contribution in [-0.2, 0) is 4.74 Å². The van der Waals surface area contributed by atoms with E-state index in [1.54, 1.807) is 0 Å². The molecule has 1 aliphatic heterocycles. The van der Waals surface area contributed by atoms with Gasteiger partial charge in [-0.05, 0) is 13.5 Å². The van der Waals surface area contributed by atoms with Crippen molar-refractivity contribution in [3.63, 3.8) is 0 Å². The second kappa shape index (κ2) is 3.09. The molecule has 3 nitrogen and oxygen atoms in total. The molecule has 2 fully saturated rings. The zero-order valence-corrected chi connectivity index (χ0v) is 7.05. The van der Waals surface area contributed by atoms with Crippen LogP contribution in [0.15, 0.2) is 0 Å². The van der Waals surface area contributed by atoms with Crippen molar-refractivity contribution in [1.82, 2.24) is 10.2 Å². The summed E-state index contributed by atoms with van der Waals surface area (Å²) < 4.78 is 5.50. The van der Waals surface area contributed by atoms with Gasteiger partial charge in [0.15, 0.2) is 0 Å². The molecular formula is C8H16N2O. The fraction of sp³-hybridized carbons (Fsp3) is 1.00. The molecule has 1 heterocycles. The Balaban J connectivity index is 1.75. The van der Waals surface area contributed by atoms with E-state index in [1.165, 1.54) is 13.0 Å². The van der Waals surface area contributed by atoms with Gasteiger partial charge >= 0.3 is 0 Å². The monoisotopic (exact) mass is 156 g/mol. The van der Waals surface area contributed by atoms with Crippen molar-refractivity contribution in [3.8, 4) is 0 Å². The quantitative estimate of drug-likeness (QED) is 0.606. The number of nitrogens with zero attached hydrogens (tertiary/aromatic N) is 1. The molecule has 2 rings (SSSR count). The Morgan fingerprint density at radius 2 is 2.55 bits per heavy atom. The molecule has 0 aromatic rings. The van der Waals surface area contributed by atoms with Crippen LogP contribution >= 0.6 is 0 Å². The zero-order chi connectivity index (χ0) is 7.68. The highest BCUT2D eigenvalue weighted by molar-refractivity contribution is 4.99. The Labute approximate surface area is 67.7 Å². The van der Waals surface area contributed by atoms with Gasteiger partial charge in [-0.2, -0.15) is 0 Å². The first-order valence-electron chi connectivity index (χ1n) is 4.42. The minimum Gasteiger partial charge on any atom is -0.375 e. The molecule has 64 valence electrons. The van der Waals surface area contributed by atoms with E-state index in [1.807, 2.05) is 7.05 Å². The average molecular weight is 156 g/mol. The van der Waals surface area contributed by atoms with Gasteiger partial charge in [0.25, 0.3) is 0 Å². The number of morpholine rings is 1. The van der Waals surface area contributed by atoms with Crippen LogP contribution in [0.5, 0.6) is 0 Å². The highest BCUT2D eigenvalue weighted by Crippen LogP contribution is 2.33. The van der Waals surface area contributed by atoms with Crippen molar-refractivity contribution in [2.75, 3.05) is 33.3 Å². The van der Waals surface area contributed by atoms with E-state index in [9.17, 15) is 0 Å². The molecule has 1 N–H and O–H groups in total. The lowest BCUT2D eigenvalue weighted by Crippen LogP contribution is -2.40. The third-order valence-corrected chi connectivity index (χ3v) is 2.53. The molecule has 1 saturated heterocycles. The van der Waals surface area contributed by atoms with E-state index in [4.69, 9.17) is 4.74 Å². The van der Waals surface area contributed by atoms with Crippen LogP contribution in [0.2, 0.25) is 0 Å². The number of rotatable bonds is 3. The summed E-state index contributed by atoms with van der Waals surface area (Å²) in [5.41, 5.74) is 0. The van der Waals surface area contributed by atoms with E-state index in [-0.39, 0.29) is 0 Å². The van der Waals surface area contributed by atoms with Crippen LogP contribution in [-0.4, -0.2) is 50.3 Å². The fourth-order valence-electron chi connectivity index (χ4n) is 1.74. The van der Waals surface area contributed by atoms with Gasteiger partial charge < -0.3 is 10.1 Å². The largest absolute Gasteiger partial charge is 0.375 e. The summed E-state index contributed by atoms with van der Waals surface area (Å²) in [6.45, 7) is 4.35. The summed E-state index contributed by atoms with van der Waals surface area (Å²) in [5, 5.41) is 3.17. The normalized spacial score (nSPS) is 36.8. The van der Waals surface area contributed by atoms with Gasteiger partial charge in [-0.25, -0.2) is 0 Å². The topological polar surface area (TPSA) is 24.5 Å². The van der Waals surface area contributed by atoms with Crippen molar-refractivity contribution in [3.05, 3.63) is 0 Å². The molecular weight excluding hydrogens is 140 g/mol. The van der Waals surface area contributed by atoms with Crippen LogP contribution in [0.1, 0.15) is 6.42 Å². The lowest BCUT2D eigenvalue weighted by Gasteiger charge is -2.25. The number of nitrogens with one attached hydrogen (secondary N) is 1. The van der Waals surface area contributed by atoms with Gasteiger partial charge in [0.05, 0.1) is 12.7 Å². The van der Waals surface area contributed by atoms with Crippen LogP contribution < -0.4 is 5.32 Å². The summed E-state index contributed by atoms with van der Waals surface area (Å²) in [6.07, 6.45) is 1.85. The van der Waals surface area contributed by atoms with E-state index in [2.05, 4.69) is 10.2 Å². The highest BCUT2D eigenvalue weighted by atomic mass is 16.5. The van der Waals surface area contributed by atoms with Crippen molar-refractivity contribution in [2.45, 2.75) is 18.6 Å². The maximum absolute atomic E-state index is 5.50. The predicted octanol–water partition coefficient (Wildman–Crippen LogP) is -0.321. The highest BCUT2D eigenvalue weighted by Gasteiger charge is 2.45. The van der Waals surface area contributed by atoms with E-state index >= 15 is 0 Å². The lowest BCUT2D eigenvalue weighted by molar-refractivity contribution is 0.0319. The molecule has 0 amide bonds. The first-order valence-corrected chi connectivity index (χ1v) is 4.42. The summed E-state index contributed by atoms with van der Waals surface area (Å²) in [5.74, 6) is 0. The number of ether oxygens (including phenoxy) is 1. The van der Waals surface area contributed by atoms with Crippen LogP contribution in [0, 0.1) is 0 Å². The third-order valence-electron chi connectivity index (χ3n) is 2.53. The lowest BCUT2D eigenvalue weighted by atomic mass is 10.4. The van der Waals surface area contributed by atoms with Crippen molar-refractivity contribution in [1.29, 1.82) is 0 Å². The number of hydrogen-bond acceptors (Lipinski definition) is 3. The molecule has 0 radical (unpaired) electrons. The summed E-state index contributed by atoms with van der Waals surface area (Å²) in [6, 6.07) is 0.761. The maximum Gasteiger partial charge on any atom is 0.0747 e. The van der Waals surface area contributed by atoms with Gasteiger partial charge in [0.2, 0.25) is 0 Å². The van der Waals surface area contributed by atoms with Crippen LogP contribution in [0.4, 0.5) is 0 Å². The first-order chi connectivity index (χ1) is 5.42. The summed E-state index contributed by atoms with van der Waals surface area (Å²) in [4.78, 5) is 2.53. The molecule has 0 spiro atoms. The minimum absolute atomic E-state index is 0.584. The van der Waals surface area contributed by atoms with Crippen molar-refractivity contribution >= 4 is 0 Å². The first kappa shape index (κ1) is 7.53. The fourth-order valence-corrected chi connectivity index (χ4v) is 1.74. The van der Waals surface area contributed by atoms with Crippen LogP contribution in [0.3, 0.4) is 0 Å². The Hall–Kier alpha value is -0.120. The van der Waals surface area contributed by atoms with Crippen LogP contribution in [0.25, 0.3) is 0 Å². The predicted molar refractivity (Wildman–Crippen MR) is 43.6 cm³/mol. The molecule has 0 aromatic heterocycles. The van der Waals surface area contributed by atoms with Crippen molar-refractivity contribution in [2.24, 2.45) is 0 Å². The molecule has 2 atom stereocenters. The maximum atomic E-state index is 5.50. The Morgan fingerprint density at radius 1 is 1.64 bits per heavy atom. The molecule has 1 saturated carbocycles.